The standard InChI is InChI=1S/C10H18N4/c1-7(2)9-4-10(14-6-13-9)12-5-8(3)11/h4,6-8H,5,11H2,1-3H3,(H,12,13,14). The van der Waals surface area contributed by atoms with Gasteiger partial charge >= 0.3 is 0 Å². The molecule has 0 saturated carbocycles. The Balaban J connectivity index is 2.64. The molecule has 1 rings (SSSR count). The van der Waals surface area contributed by atoms with Gasteiger partial charge in [0.05, 0.1) is 0 Å². The third-order valence-electron chi connectivity index (χ3n) is 1.88. The third-order valence-corrected chi connectivity index (χ3v) is 1.88. The molecule has 0 aromatic carbocycles. The molecule has 0 aliphatic carbocycles. The van der Waals surface area contributed by atoms with Crippen molar-refractivity contribution in [1.29, 1.82) is 0 Å². The summed E-state index contributed by atoms with van der Waals surface area (Å²) >= 11 is 0. The monoisotopic (exact) mass is 194 g/mol. The van der Waals surface area contributed by atoms with Crippen molar-refractivity contribution in [2.75, 3.05) is 11.9 Å². The van der Waals surface area contributed by atoms with Gasteiger partial charge in [0.25, 0.3) is 0 Å². The summed E-state index contributed by atoms with van der Waals surface area (Å²) in [5.41, 5.74) is 6.68. The van der Waals surface area contributed by atoms with Crippen LogP contribution in [-0.2, 0) is 0 Å². The maximum atomic E-state index is 5.63. The van der Waals surface area contributed by atoms with Gasteiger partial charge in [-0.1, -0.05) is 13.8 Å². The second-order valence-electron chi connectivity index (χ2n) is 3.84. The highest BCUT2D eigenvalue weighted by Gasteiger charge is 2.02. The molecule has 3 N–H and O–H groups in total. The molecule has 1 heterocycles. The number of rotatable bonds is 4. The van der Waals surface area contributed by atoms with Crippen molar-refractivity contribution >= 4 is 5.82 Å². The van der Waals surface area contributed by atoms with Gasteiger partial charge in [0.2, 0.25) is 0 Å². The summed E-state index contributed by atoms with van der Waals surface area (Å²) in [6, 6.07) is 2.10. The van der Waals surface area contributed by atoms with Crippen LogP contribution >= 0.6 is 0 Å². The number of hydrogen-bond acceptors (Lipinski definition) is 4. The number of aromatic nitrogens is 2. The van der Waals surface area contributed by atoms with E-state index in [9.17, 15) is 0 Å². The van der Waals surface area contributed by atoms with E-state index in [2.05, 4.69) is 29.1 Å². The Morgan fingerprint density at radius 3 is 2.64 bits per heavy atom. The predicted molar refractivity (Wildman–Crippen MR) is 58.3 cm³/mol. The van der Waals surface area contributed by atoms with Crippen LogP contribution in [0.4, 0.5) is 5.82 Å². The molecule has 1 aromatic heterocycles. The number of anilines is 1. The Morgan fingerprint density at radius 1 is 1.36 bits per heavy atom. The Morgan fingerprint density at radius 2 is 2.07 bits per heavy atom. The molecule has 0 spiro atoms. The average molecular weight is 194 g/mol. The van der Waals surface area contributed by atoms with Crippen molar-refractivity contribution in [2.45, 2.75) is 32.7 Å². The molecule has 0 amide bonds. The van der Waals surface area contributed by atoms with Crippen molar-refractivity contribution in [3.8, 4) is 0 Å². The summed E-state index contributed by atoms with van der Waals surface area (Å²) in [5.74, 6) is 1.27. The number of nitrogens with zero attached hydrogens (tertiary/aromatic N) is 2. The highest BCUT2D eigenvalue weighted by molar-refractivity contribution is 5.35. The number of nitrogens with one attached hydrogen (secondary N) is 1. The van der Waals surface area contributed by atoms with Crippen LogP contribution in [0.5, 0.6) is 0 Å². The Kier molecular flexibility index (Phi) is 3.83. The van der Waals surface area contributed by atoms with E-state index in [0.717, 1.165) is 18.1 Å². The van der Waals surface area contributed by atoms with E-state index in [1.54, 1.807) is 6.33 Å². The number of nitrogens with two attached hydrogens (primary N) is 1. The van der Waals surface area contributed by atoms with Gasteiger partial charge in [0.15, 0.2) is 0 Å². The van der Waals surface area contributed by atoms with Crippen LogP contribution in [0.1, 0.15) is 32.4 Å². The minimum absolute atomic E-state index is 0.132. The lowest BCUT2D eigenvalue weighted by Gasteiger charge is -2.10. The van der Waals surface area contributed by atoms with Gasteiger partial charge in [-0.25, -0.2) is 9.97 Å². The summed E-state index contributed by atoms with van der Waals surface area (Å²) in [6.07, 6.45) is 1.58. The first-order valence-electron chi connectivity index (χ1n) is 4.91. The molecule has 0 radical (unpaired) electrons. The van der Waals surface area contributed by atoms with Gasteiger partial charge in [0.1, 0.15) is 12.1 Å². The molecule has 0 aliphatic rings. The normalized spacial score (nSPS) is 12.9. The quantitative estimate of drug-likeness (QED) is 0.759. The molecule has 1 unspecified atom stereocenters. The first kappa shape index (κ1) is 10.9. The molecular weight excluding hydrogens is 176 g/mol. The highest BCUT2D eigenvalue weighted by atomic mass is 15.0. The van der Waals surface area contributed by atoms with Gasteiger partial charge in [-0.2, -0.15) is 0 Å². The van der Waals surface area contributed by atoms with Gasteiger partial charge in [-0.3, -0.25) is 0 Å². The predicted octanol–water partition coefficient (Wildman–Crippen LogP) is 1.36. The van der Waals surface area contributed by atoms with Crippen molar-refractivity contribution in [3.63, 3.8) is 0 Å². The summed E-state index contributed by atoms with van der Waals surface area (Å²) in [6.45, 7) is 6.90. The molecular formula is C10H18N4. The highest BCUT2D eigenvalue weighted by Crippen LogP contribution is 2.13. The maximum absolute atomic E-state index is 5.63. The molecule has 4 nitrogen and oxygen atoms in total. The van der Waals surface area contributed by atoms with Crippen molar-refractivity contribution in [1.82, 2.24) is 9.97 Å². The minimum atomic E-state index is 0.132. The number of hydrogen-bond donors (Lipinski definition) is 2. The van der Waals surface area contributed by atoms with Gasteiger partial charge < -0.3 is 11.1 Å². The van der Waals surface area contributed by atoms with Gasteiger partial charge in [-0.15, -0.1) is 0 Å². The molecule has 0 bridgehead atoms. The molecule has 1 aromatic rings. The summed E-state index contributed by atoms with van der Waals surface area (Å²) < 4.78 is 0. The van der Waals surface area contributed by atoms with Crippen LogP contribution in [0.25, 0.3) is 0 Å². The lowest BCUT2D eigenvalue weighted by Crippen LogP contribution is -2.25. The zero-order chi connectivity index (χ0) is 10.6. The third kappa shape index (κ3) is 3.30. The lowest BCUT2D eigenvalue weighted by molar-refractivity contribution is 0.772. The van der Waals surface area contributed by atoms with E-state index in [4.69, 9.17) is 5.73 Å². The zero-order valence-corrected chi connectivity index (χ0v) is 8.99. The van der Waals surface area contributed by atoms with Gasteiger partial charge in [-0.05, 0) is 12.8 Å². The molecule has 0 saturated heterocycles. The molecule has 14 heavy (non-hydrogen) atoms. The molecule has 0 aliphatic heterocycles. The fourth-order valence-corrected chi connectivity index (χ4v) is 1.05. The van der Waals surface area contributed by atoms with E-state index in [1.807, 2.05) is 13.0 Å². The van der Waals surface area contributed by atoms with Crippen LogP contribution in [0, 0.1) is 0 Å². The van der Waals surface area contributed by atoms with E-state index in [-0.39, 0.29) is 6.04 Å². The fourth-order valence-electron chi connectivity index (χ4n) is 1.05. The van der Waals surface area contributed by atoms with Gasteiger partial charge in [0, 0.05) is 24.3 Å². The Hall–Kier alpha value is -1.16. The zero-order valence-electron chi connectivity index (χ0n) is 8.99. The van der Waals surface area contributed by atoms with Crippen molar-refractivity contribution in [3.05, 3.63) is 18.1 Å². The second kappa shape index (κ2) is 4.91. The largest absolute Gasteiger partial charge is 0.368 e. The van der Waals surface area contributed by atoms with E-state index >= 15 is 0 Å². The van der Waals surface area contributed by atoms with Crippen LogP contribution < -0.4 is 11.1 Å². The van der Waals surface area contributed by atoms with Crippen LogP contribution in [-0.4, -0.2) is 22.6 Å². The maximum Gasteiger partial charge on any atom is 0.129 e. The fraction of sp³-hybridized carbons (Fsp3) is 0.600. The Bertz CT molecular complexity index is 283. The minimum Gasteiger partial charge on any atom is -0.368 e. The lowest BCUT2D eigenvalue weighted by atomic mass is 10.1. The van der Waals surface area contributed by atoms with E-state index in [1.165, 1.54) is 0 Å². The van der Waals surface area contributed by atoms with Crippen molar-refractivity contribution in [2.24, 2.45) is 5.73 Å². The molecule has 78 valence electrons. The van der Waals surface area contributed by atoms with Crippen LogP contribution in [0.2, 0.25) is 0 Å². The topological polar surface area (TPSA) is 63.8 Å². The summed E-state index contributed by atoms with van der Waals surface area (Å²) in [5, 5.41) is 3.16. The summed E-state index contributed by atoms with van der Waals surface area (Å²) in [4.78, 5) is 8.30. The Labute approximate surface area is 85.0 Å². The van der Waals surface area contributed by atoms with Crippen LogP contribution in [0.15, 0.2) is 12.4 Å². The SMILES string of the molecule is CC(N)CNc1cc(C(C)C)ncn1. The first-order chi connectivity index (χ1) is 6.59. The van der Waals surface area contributed by atoms with Crippen molar-refractivity contribution < 1.29 is 0 Å². The smallest absolute Gasteiger partial charge is 0.129 e. The van der Waals surface area contributed by atoms with E-state index < -0.39 is 0 Å². The molecule has 1 atom stereocenters. The first-order valence-corrected chi connectivity index (χ1v) is 4.91. The molecule has 4 heteroatoms. The average Bonchev–Trinajstić information content (AvgIpc) is 2.15. The van der Waals surface area contributed by atoms with E-state index in [0.29, 0.717) is 5.92 Å². The van der Waals surface area contributed by atoms with Crippen LogP contribution in [0.3, 0.4) is 0 Å². The summed E-state index contributed by atoms with van der Waals surface area (Å²) in [7, 11) is 0. The molecule has 0 fully saturated rings. The second-order valence-corrected chi connectivity index (χ2v) is 3.84.